The molecule has 1 aliphatic heterocycles. The number of aliphatic hydroxyl groups is 1. The fraction of sp³-hybridized carbons (Fsp3) is 0.455. The molecule has 1 unspecified atom stereocenters. The van der Waals surface area contributed by atoms with Crippen molar-refractivity contribution in [3.63, 3.8) is 0 Å². The van der Waals surface area contributed by atoms with Crippen molar-refractivity contribution in [1.29, 1.82) is 5.26 Å². The molecule has 78 valence electrons. The molecule has 0 saturated carbocycles. The Balaban J connectivity index is 2.20. The zero-order valence-electron chi connectivity index (χ0n) is 8.43. The van der Waals surface area contributed by atoms with E-state index in [9.17, 15) is 0 Å². The van der Waals surface area contributed by atoms with Gasteiger partial charge in [-0.15, -0.1) is 0 Å². The van der Waals surface area contributed by atoms with Crippen molar-refractivity contribution in [2.45, 2.75) is 6.42 Å². The Morgan fingerprint density at radius 1 is 1.67 bits per heavy atom. The van der Waals surface area contributed by atoms with Crippen molar-refractivity contribution in [3.8, 4) is 6.07 Å². The van der Waals surface area contributed by atoms with Crippen molar-refractivity contribution in [2.24, 2.45) is 5.92 Å². The number of hydrogen-bond donors (Lipinski definition) is 1. The molecule has 0 spiro atoms. The maximum absolute atomic E-state index is 9.05. The quantitative estimate of drug-likeness (QED) is 0.771. The third-order valence-corrected chi connectivity index (χ3v) is 2.81. The summed E-state index contributed by atoms with van der Waals surface area (Å²) in [6.45, 7) is 1.93. The zero-order valence-corrected chi connectivity index (χ0v) is 8.43. The number of rotatable bonds is 2. The number of aliphatic hydroxyl groups excluding tert-OH is 1. The van der Waals surface area contributed by atoms with Gasteiger partial charge in [-0.1, -0.05) is 0 Å². The van der Waals surface area contributed by atoms with Gasteiger partial charge in [-0.3, -0.25) is 4.98 Å². The van der Waals surface area contributed by atoms with E-state index in [-0.39, 0.29) is 6.61 Å². The molecule has 1 aromatic heterocycles. The first kappa shape index (κ1) is 9.94. The van der Waals surface area contributed by atoms with E-state index in [1.54, 1.807) is 18.5 Å². The molecule has 15 heavy (non-hydrogen) atoms. The Bertz CT molecular complexity index is 386. The second-order valence-electron chi connectivity index (χ2n) is 3.79. The van der Waals surface area contributed by atoms with Crippen LogP contribution in [0, 0.1) is 17.2 Å². The van der Waals surface area contributed by atoms with Crippen molar-refractivity contribution in [3.05, 3.63) is 24.0 Å². The highest BCUT2D eigenvalue weighted by atomic mass is 16.3. The van der Waals surface area contributed by atoms with Crippen molar-refractivity contribution >= 4 is 5.69 Å². The molecule has 1 saturated heterocycles. The average molecular weight is 203 g/mol. The predicted molar refractivity (Wildman–Crippen MR) is 56.4 cm³/mol. The Kier molecular flexibility index (Phi) is 2.84. The summed E-state index contributed by atoms with van der Waals surface area (Å²) >= 11 is 0. The second-order valence-corrected chi connectivity index (χ2v) is 3.79. The first-order valence-electron chi connectivity index (χ1n) is 5.05. The fourth-order valence-corrected chi connectivity index (χ4v) is 1.93. The normalized spacial score (nSPS) is 20.3. The number of aromatic nitrogens is 1. The number of nitriles is 1. The zero-order chi connectivity index (χ0) is 10.7. The molecular weight excluding hydrogens is 190 g/mol. The van der Waals surface area contributed by atoms with E-state index in [2.05, 4.69) is 16.0 Å². The van der Waals surface area contributed by atoms with Gasteiger partial charge in [0.2, 0.25) is 0 Å². The molecule has 1 atom stereocenters. The van der Waals surface area contributed by atoms with Crippen molar-refractivity contribution < 1.29 is 5.11 Å². The van der Waals surface area contributed by atoms with Crippen LogP contribution in [0.1, 0.15) is 12.0 Å². The van der Waals surface area contributed by atoms with E-state index in [1.165, 1.54) is 0 Å². The molecule has 1 fully saturated rings. The first-order chi connectivity index (χ1) is 7.35. The highest BCUT2D eigenvalue weighted by Crippen LogP contribution is 2.25. The van der Waals surface area contributed by atoms with Gasteiger partial charge in [0.05, 0.1) is 17.4 Å². The molecule has 0 bridgehead atoms. The van der Waals surface area contributed by atoms with Crippen LogP contribution in [0.2, 0.25) is 0 Å². The van der Waals surface area contributed by atoms with Crippen LogP contribution in [-0.4, -0.2) is 29.8 Å². The third-order valence-electron chi connectivity index (χ3n) is 2.81. The summed E-state index contributed by atoms with van der Waals surface area (Å²) in [6.07, 6.45) is 4.33. The van der Waals surface area contributed by atoms with Crippen molar-refractivity contribution in [2.75, 3.05) is 24.6 Å². The van der Waals surface area contributed by atoms with E-state index >= 15 is 0 Å². The Morgan fingerprint density at radius 2 is 2.53 bits per heavy atom. The van der Waals surface area contributed by atoms with Gasteiger partial charge in [-0.25, -0.2) is 0 Å². The molecule has 0 aliphatic carbocycles. The topological polar surface area (TPSA) is 60.2 Å². The lowest BCUT2D eigenvalue weighted by Gasteiger charge is -2.18. The van der Waals surface area contributed by atoms with Gasteiger partial charge < -0.3 is 10.0 Å². The number of pyridine rings is 1. The minimum atomic E-state index is 0.221. The SMILES string of the molecule is N#Cc1ccncc1N1CCC(CO)C1. The van der Waals surface area contributed by atoms with E-state index < -0.39 is 0 Å². The lowest BCUT2D eigenvalue weighted by Crippen LogP contribution is -2.21. The lowest BCUT2D eigenvalue weighted by molar-refractivity contribution is 0.238. The molecular formula is C11H13N3O. The summed E-state index contributed by atoms with van der Waals surface area (Å²) in [7, 11) is 0. The standard InChI is InChI=1S/C11H13N3O/c12-5-10-1-3-13-6-11(10)14-4-2-9(7-14)8-15/h1,3,6,9,15H,2,4,7-8H2. The van der Waals surface area contributed by atoms with Crippen LogP contribution in [0.5, 0.6) is 0 Å². The summed E-state index contributed by atoms with van der Waals surface area (Å²) in [6, 6.07) is 3.88. The first-order valence-corrected chi connectivity index (χ1v) is 5.05. The van der Waals surface area contributed by atoms with Crippen LogP contribution in [-0.2, 0) is 0 Å². The van der Waals surface area contributed by atoms with E-state index in [4.69, 9.17) is 10.4 Å². The second kappa shape index (κ2) is 4.28. The Hall–Kier alpha value is -1.60. The minimum Gasteiger partial charge on any atom is -0.396 e. The summed E-state index contributed by atoms with van der Waals surface area (Å²) in [5.41, 5.74) is 1.54. The molecule has 1 N–H and O–H groups in total. The molecule has 4 nitrogen and oxygen atoms in total. The van der Waals surface area contributed by atoms with Gasteiger partial charge in [0.25, 0.3) is 0 Å². The lowest BCUT2D eigenvalue weighted by atomic mass is 10.1. The van der Waals surface area contributed by atoms with Crippen LogP contribution in [0.3, 0.4) is 0 Å². The summed E-state index contributed by atoms with van der Waals surface area (Å²) < 4.78 is 0. The summed E-state index contributed by atoms with van der Waals surface area (Å²) in [4.78, 5) is 6.15. The van der Waals surface area contributed by atoms with Crippen LogP contribution in [0.15, 0.2) is 18.5 Å². The molecule has 4 heteroatoms. The maximum atomic E-state index is 9.05. The molecule has 0 amide bonds. The van der Waals surface area contributed by atoms with Gasteiger partial charge in [-0.05, 0) is 12.5 Å². The highest BCUT2D eigenvalue weighted by molar-refractivity contribution is 5.58. The summed E-state index contributed by atoms with van der Waals surface area (Å²) in [5.74, 6) is 0.330. The van der Waals surface area contributed by atoms with E-state index in [1.807, 2.05) is 0 Å². The van der Waals surface area contributed by atoms with Gasteiger partial charge in [0, 0.05) is 31.8 Å². The van der Waals surface area contributed by atoms with E-state index in [0.717, 1.165) is 25.2 Å². The van der Waals surface area contributed by atoms with Crippen LogP contribution >= 0.6 is 0 Å². The van der Waals surface area contributed by atoms with E-state index in [0.29, 0.717) is 11.5 Å². The third kappa shape index (κ3) is 1.92. The van der Waals surface area contributed by atoms with Crippen molar-refractivity contribution in [1.82, 2.24) is 4.98 Å². The minimum absolute atomic E-state index is 0.221. The smallest absolute Gasteiger partial charge is 0.101 e. The maximum Gasteiger partial charge on any atom is 0.101 e. The van der Waals surface area contributed by atoms with Gasteiger partial charge in [0.15, 0.2) is 0 Å². The Labute approximate surface area is 88.8 Å². The molecule has 2 rings (SSSR count). The monoisotopic (exact) mass is 203 g/mol. The molecule has 1 aromatic rings. The number of hydrogen-bond acceptors (Lipinski definition) is 4. The van der Waals surface area contributed by atoms with Crippen LogP contribution in [0.25, 0.3) is 0 Å². The predicted octanol–water partition coefficient (Wildman–Crippen LogP) is 0.772. The molecule has 0 radical (unpaired) electrons. The largest absolute Gasteiger partial charge is 0.396 e. The Morgan fingerprint density at radius 3 is 3.20 bits per heavy atom. The average Bonchev–Trinajstić information content (AvgIpc) is 2.77. The molecule has 0 aromatic carbocycles. The fourth-order valence-electron chi connectivity index (χ4n) is 1.93. The van der Waals surface area contributed by atoms with Crippen LogP contribution < -0.4 is 4.90 Å². The summed E-state index contributed by atoms with van der Waals surface area (Å²) in [5, 5.41) is 18.0. The van der Waals surface area contributed by atoms with Gasteiger partial charge >= 0.3 is 0 Å². The number of anilines is 1. The highest BCUT2D eigenvalue weighted by Gasteiger charge is 2.23. The van der Waals surface area contributed by atoms with Crippen LogP contribution in [0.4, 0.5) is 5.69 Å². The van der Waals surface area contributed by atoms with Gasteiger partial charge in [-0.2, -0.15) is 5.26 Å². The number of nitrogens with zero attached hydrogens (tertiary/aromatic N) is 3. The molecule has 1 aliphatic rings. The molecule has 2 heterocycles. The van der Waals surface area contributed by atoms with Gasteiger partial charge in [0.1, 0.15) is 6.07 Å².